The van der Waals surface area contributed by atoms with Crippen molar-refractivity contribution < 1.29 is 9.53 Å². The smallest absolute Gasteiger partial charge is 0.316 e. The zero-order valence-corrected chi connectivity index (χ0v) is 23.0. The summed E-state index contributed by atoms with van der Waals surface area (Å²) < 4.78 is 6.02. The first kappa shape index (κ1) is 27.3. The predicted octanol–water partition coefficient (Wildman–Crippen LogP) is 5.32. The molecule has 1 amide bonds. The minimum absolute atomic E-state index is 0.165. The molecule has 1 atom stereocenters. The molecule has 1 unspecified atom stereocenters. The lowest BCUT2D eigenvalue weighted by atomic mass is 9.75. The van der Waals surface area contributed by atoms with Crippen molar-refractivity contribution in [2.24, 2.45) is 17.6 Å². The van der Waals surface area contributed by atoms with Crippen LogP contribution in [0.1, 0.15) is 68.1 Å². The normalized spacial score (nSPS) is 14.9. The van der Waals surface area contributed by atoms with Crippen LogP contribution >= 0.6 is 0 Å². The Morgan fingerprint density at radius 2 is 2.00 bits per heavy atom. The van der Waals surface area contributed by atoms with E-state index in [1.165, 1.54) is 19.3 Å². The van der Waals surface area contributed by atoms with Crippen molar-refractivity contribution in [2.75, 3.05) is 24.4 Å². The first-order valence-corrected chi connectivity index (χ1v) is 13.6. The van der Waals surface area contributed by atoms with Gasteiger partial charge in [-0.15, -0.1) is 0 Å². The fraction of sp³-hybridized carbons (Fsp3) is 0.448. The van der Waals surface area contributed by atoms with E-state index in [1.54, 1.807) is 19.3 Å². The molecular formula is C29H39N7O2. The van der Waals surface area contributed by atoms with Gasteiger partial charge in [-0.2, -0.15) is 4.98 Å². The molecule has 9 heteroatoms. The van der Waals surface area contributed by atoms with Crippen molar-refractivity contribution in [3.63, 3.8) is 0 Å². The van der Waals surface area contributed by atoms with Gasteiger partial charge in [0.05, 0.1) is 29.4 Å². The molecule has 38 heavy (non-hydrogen) atoms. The van der Waals surface area contributed by atoms with Crippen LogP contribution in [-0.4, -0.2) is 34.5 Å². The number of nitrogens with zero attached hydrogens (tertiary/aromatic N) is 3. The topological polar surface area (TPSA) is 127 Å². The lowest BCUT2D eigenvalue weighted by molar-refractivity contribution is 0.0996. The van der Waals surface area contributed by atoms with Gasteiger partial charge in [0.2, 0.25) is 0 Å². The number of rotatable bonds is 9. The summed E-state index contributed by atoms with van der Waals surface area (Å²) in [6.07, 6.45) is 6.60. The number of hydrogen-bond acceptors (Lipinski definition) is 8. The highest BCUT2D eigenvalue weighted by Crippen LogP contribution is 2.41. The van der Waals surface area contributed by atoms with Gasteiger partial charge in [-0.05, 0) is 54.5 Å². The summed E-state index contributed by atoms with van der Waals surface area (Å²) in [6.45, 7) is 9.52. The molecule has 0 saturated heterocycles. The molecule has 3 aromatic rings. The van der Waals surface area contributed by atoms with Gasteiger partial charge in [-0.1, -0.05) is 46.1 Å². The van der Waals surface area contributed by atoms with E-state index in [0.29, 0.717) is 42.2 Å². The number of primary amides is 1. The van der Waals surface area contributed by atoms with Gasteiger partial charge >= 0.3 is 6.01 Å². The Hall–Kier alpha value is -3.72. The van der Waals surface area contributed by atoms with E-state index in [9.17, 15) is 4.79 Å². The molecule has 9 nitrogen and oxygen atoms in total. The third-order valence-corrected chi connectivity index (χ3v) is 7.44. The molecule has 2 aromatic heterocycles. The van der Waals surface area contributed by atoms with Crippen LogP contribution in [0, 0.1) is 18.8 Å². The minimum Gasteiger partial charge on any atom is -0.463 e. The van der Waals surface area contributed by atoms with E-state index in [0.717, 1.165) is 40.3 Å². The molecule has 3 heterocycles. The van der Waals surface area contributed by atoms with Crippen molar-refractivity contribution in [3.8, 4) is 28.5 Å². The first-order valence-electron chi connectivity index (χ1n) is 13.6. The molecule has 0 spiro atoms. The maximum absolute atomic E-state index is 12.5. The Labute approximate surface area is 225 Å². The van der Waals surface area contributed by atoms with E-state index >= 15 is 0 Å². The SMILES string of the molecule is CC.CCC(COc1nccc(-c2cc(-c3c(C)ccc4c3CNN4)c(NC)c(C(N)=O)n2)n1)C1CCC1. The van der Waals surface area contributed by atoms with Crippen LogP contribution in [0.2, 0.25) is 0 Å². The van der Waals surface area contributed by atoms with E-state index in [4.69, 9.17) is 10.5 Å². The second-order valence-electron chi connectivity index (χ2n) is 9.55. The quantitative estimate of drug-likeness (QED) is 0.300. The largest absolute Gasteiger partial charge is 0.463 e. The third-order valence-electron chi connectivity index (χ3n) is 7.44. The van der Waals surface area contributed by atoms with Gasteiger partial charge in [-0.3, -0.25) is 4.79 Å². The highest BCUT2D eigenvalue weighted by molar-refractivity contribution is 6.02. The highest BCUT2D eigenvalue weighted by Gasteiger charge is 2.27. The minimum atomic E-state index is -0.610. The van der Waals surface area contributed by atoms with Gasteiger partial charge in [0.15, 0.2) is 5.69 Å². The number of carbonyl (C=O) groups is 1. The van der Waals surface area contributed by atoms with E-state index in [1.807, 2.05) is 26.0 Å². The summed E-state index contributed by atoms with van der Waals surface area (Å²) in [7, 11) is 1.77. The van der Waals surface area contributed by atoms with E-state index < -0.39 is 5.91 Å². The van der Waals surface area contributed by atoms with Crippen LogP contribution in [0.25, 0.3) is 22.5 Å². The summed E-state index contributed by atoms with van der Waals surface area (Å²) >= 11 is 0. The lowest BCUT2D eigenvalue weighted by Crippen LogP contribution is -2.26. The number of anilines is 2. The van der Waals surface area contributed by atoms with Crippen molar-refractivity contribution in [2.45, 2.75) is 59.9 Å². The third kappa shape index (κ3) is 5.43. The molecule has 1 saturated carbocycles. The second-order valence-corrected chi connectivity index (χ2v) is 9.55. The average Bonchev–Trinajstić information content (AvgIpc) is 3.39. The number of hydrogen-bond donors (Lipinski definition) is 4. The van der Waals surface area contributed by atoms with Crippen LogP contribution in [0.15, 0.2) is 30.5 Å². The number of nitrogens with one attached hydrogen (secondary N) is 3. The Morgan fingerprint density at radius 3 is 2.66 bits per heavy atom. The molecule has 1 aliphatic carbocycles. The molecule has 2 aliphatic rings. The fourth-order valence-corrected chi connectivity index (χ4v) is 5.21. The second kappa shape index (κ2) is 12.2. The number of amides is 1. The Bertz CT molecular complexity index is 1290. The Kier molecular flexibility index (Phi) is 8.78. The van der Waals surface area contributed by atoms with Gasteiger partial charge in [0.25, 0.3) is 5.91 Å². The molecule has 0 bridgehead atoms. The van der Waals surface area contributed by atoms with Crippen molar-refractivity contribution in [1.29, 1.82) is 0 Å². The monoisotopic (exact) mass is 517 g/mol. The van der Waals surface area contributed by atoms with Crippen molar-refractivity contribution in [3.05, 3.63) is 47.3 Å². The van der Waals surface area contributed by atoms with Crippen LogP contribution in [0.4, 0.5) is 11.4 Å². The number of benzene rings is 1. The van der Waals surface area contributed by atoms with Gasteiger partial charge in [0.1, 0.15) is 0 Å². The number of aromatic nitrogens is 3. The van der Waals surface area contributed by atoms with Crippen LogP contribution in [0.5, 0.6) is 6.01 Å². The van der Waals surface area contributed by atoms with Crippen molar-refractivity contribution >= 4 is 17.3 Å². The molecule has 5 rings (SSSR count). The summed E-state index contributed by atoms with van der Waals surface area (Å²) in [5.74, 6) is 0.632. The number of nitrogens with two attached hydrogens (primary N) is 1. The summed E-state index contributed by atoms with van der Waals surface area (Å²) in [5.41, 5.74) is 19.1. The van der Waals surface area contributed by atoms with Crippen LogP contribution < -0.4 is 26.6 Å². The summed E-state index contributed by atoms with van der Waals surface area (Å²) in [6, 6.07) is 8.15. The Morgan fingerprint density at radius 1 is 1.21 bits per heavy atom. The van der Waals surface area contributed by atoms with Crippen molar-refractivity contribution in [1.82, 2.24) is 20.4 Å². The molecule has 202 valence electrons. The maximum Gasteiger partial charge on any atom is 0.316 e. The average molecular weight is 518 g/mol. The zero-order valence-electron chi connectivity index (χ0n) is 23.0. The van der Waals surface area contributed by atoms with E-state index in [2.05, 4.69) is 51.0 Å². The number of pyridine rings is 1. The van der Waals surface area contributed by atoms with Gasteiger partial charge < -0.3 is 21.2 Å². The number of aryl methyl sites for hydroxylation is 1. The molecule has 1 fully saturated rings. The molecule has 1 aromatic carbocycles. The summed E-state index contributed by atoms with van der Waals surface area (Å²) in [5, 5.41) is 3.15. The fourth-order valence-electron chi connectivity index (χ4n) is 5.21. The number of ether oxygens (including phenoxy) is 1. The lowest BCUT2D eigenvalue weighted by Gasteiger charge is -2.32. The van der Waals surface area contributed by atoms with Gasteiger partial charge in [-0.25, -0.2) is 15.4 Å². The highest BCUT2D eigenvalue weighted by atomic mass is 16.5. The molecule has 0 radical (unpaired) electrons. The molecule has 1 aliphatic heterocycles. The number of fused-ring (bicyclic) bond motifs is 1. The first-order chi connectivity index (χ1) is 18.5. The number of hydrazine groups is 1. The van der Waals surface area contributed by atoms with Gasteiger partial charge in [0, 0.05) is 30.9 Å². The summed E-state index contributed by atoms with van der Waals surface area (Å²) in [4.78, 5) is 26.1. The standard InChI is InChI=1S/C27H33N7O2.C2H6/c1-4-16(17-6-5-7-17)14-36-27-30-11-10-21(33-27)22-12-18(24(29-3)25(32-22)26(28)35)23-15(2)8-9-20-19(23)13-31-34-20;1-2/h8-12,16-17,29,31,34H,4-7,13-14H2,1-3H3,(H2,28,35);1-2H3. The Balaban J connectivity index is 0.00000164. The predicted molar refractivity (Wildman–Crippen MR) is 152 cm³/mol. The molecule has 5 N–H and O–H groups in total. The van der Waals surface area contributed by atoms with Crippen LogP contribution in [-0.2, 0) is 6.54 Å². The maximum atomic E-state index is 12.5. The molecular weight excluding hydrogens is 478 g/mol. The van der Waals surface area contributed by atoms with E-state index in [-0.39, 0.29) is 5.69 Å². The zero-order chi connectivity index (χ0) is 27.2. The van der Waals surface area contributed by atoms with Crippen LogP contribution in [0.3, 0.4) is 0 Å². The number of carbonyl (C=O) groups excluding carboxylic acids is 1.